The maximum Gasteiger partial charge on any atom is 0.244 e. The first-order chi connectivity index (χ1) is 10.5. The lowest BCUT2D eigenvalue weighted by molar-refractivity contribution is -0.124. The minimum Gasteiger partial charge on any atom is -0.352 e. The number of nitrogens with one attached hydrogen (secondary N) is 2. The van der Waals surface area contributed by atoms with Crippen LogP contribution in [0.15, 0.2) is 30.5 Å². The molecule has 0 radical (unpaired) electrons. The van der Waals surface area contributed by atoms with E-state index in [2.05, 4.69) is 15.6 Å². The van der Waals surface area contributed by atoms with Gasteiger partial charge >= 0.3 is 0 Å². The molecule has 2 aromatic heterocycles. The first-order valence-electron chi connectivity index (χ1n) is 6.85. The average molecular weight is 321 g/mol. The van der Waals surface area contributed by atoms with E-state index in [4.69, 9.17) is 11.6 Å². The van der Waals surface area contributed by atoms with Gasteiger partial charge in [0, 0.05) is 18.3 Å². The summed E-state index contributed by atoms with van der Waals surface area (Å²) in [5, 5.41) is 5.51. The summed E-state index contributed by atoms with van der Waals surface area (Å²) in [4.78, 5) is 27.3. The summed E-state index contributed by atoms with van der Waals surface area (Å²) >= 11 is 6.06. The molecule has 2 aromatic rings. The van der Waals surface area contributed by atoms with Gasteiger partial charge in [0.2, 0.25) is 11.8 Å². The molecule has 0 aliphatic carbocycles. The van der Waals surface area contributed by atoms with E-state index < -0.39 is 0 Å². The Bertz CT molecular complexity index is 721. The second-order valence-corrected chi connectivity index (χ2v) is 5.35. The Balaban J connectivity index is 2.00. The molecule has 2 amide bonds. The SMILES string of the molecule is CC(C)NC(=O)CNC(=O)/C=C/c1c(Cl)nc2ccccn12. The molecule has 0 fully saturated rings. The van der Waals surface area contributed by atoms with Crippen molar-refractivity contribution >= 4 is 35.1 Å². The van der Waals surface area contributed by atoms with Gasteiger partial charge in [-0.25, -0.2) is 4.98 Å². The Kier molecular flexibility index (Phi) is 5.16. The van der Waals surface area contributed by atoms with Gasteiger partial charge in [-0.1, -0.05) is 17.7 Å². The maximum atomic E-state index is 11.7. The van der Waals surface area contributed by atoms with Crippen LogP contribution in [0.25, 0.3) is 11.7 Å². The number of halogens is 1. The van der Waals surface area contributed by atoms with Crippen LogP contribution in [0.4, 0.5) is 0 Å². The molecule has 2 rings (SSSR count). The number of aromatic nitrogens is 2. The Morgan fingerprint density at radius 3 is 2.91 bits per heavy atom. The molecule has 0 aliphatic heterocycles. The Morgan fingerprint density at radius 2 is 2.18 bits per heavy atom. The molecule has 0 unspecified atom stereocenters. The highest BCUT2D eigenvalue weighted by Gasteiger charge is 2.08. The number of carbonyl (C=O) groups is 2. The number of rotatable bonds is 5. The van der Waals surface area contributed by atoms with E-state index in [0.717, 1.165) is 0 Å². The Hall–Kier alpha value is -2.34. The quantitative estimate of drug-likeness (QED) is 0.822. The molecule has 0 saturated heterocycles. The van der Waals surface area contributed by atoms with Crippen LogP contribution in [-0.4, -0.2) is 33.8 Å². The van der Waals surface area contributed by atoms with E-state index in [1.165, 1.54) is 6.08 Å². The number of hydrogen-bond donors (Lipinski definition) is 2. The van der Waals surface area contributed by atoms with E-state index in [9.17, 15) is 9.59 Å². The van der Waals surface area contributed by atoms with E-state index in [0.29, 0.717) is 16.5 Å². The molecule has 0 bridgehead atoms. The molecule has 7 heteroatoms. The minimum atomic E-state index is -0.374. The van der Waals surface area contributed by atoms with Crippen LogP contribution < -0.4 is 10.6 Å². The molecule has 0 atom stereocenters. The van der Waals surface area contributed by atoms with Crippen molar-refractivity contribution in [3.63, 3.8) is 0 Å². The summed E-state index contributed by atoms with van der Waals surface area (Å²) < 4.78 is 1.78. The first-order valence-corrected chi connectivity index (χ1v) is 7.23. The van der Waals surface area contributed by atoms with Gasteiger partial charge in [0.25, 0.3) is 0 Å². The summed E-state index contributed by atoms with van der Waals surface area (Å²) in [6.07, 6.45) is 4.70. The van der Waals surface area contributed by atoms with Crippen LogP contribution in [0, 0.1) is 0 Å². The number of carbonyl (C=O) groups excluding carboxylic acids is 2. The molecular formula is C15H17ClN4O2. The number of nitrogens with zero attached hydrogens (tertiary/aromatic N) is 2. The monoisotopic (exact) mass is 320 g/mol. The molecule has 2 heterocycles. The molecule has 0 aliphatic rings. The van der Waals surface area contributed by atoms with Gasteiger partial charge in [0.15, 0.2) is 5.15 Å². The fourth-order valence-corrected chi connectivity index (χ4v) is 2.13. The summed E-state index contributed by atoms with van der Waals surface area (Å²) in [5.74, 6) is -0.606. The van der Waals surface area contributed by atoms with Crippen molar-refractivity contribution < 1.29 is 9.59 Å². The highest BCUT2D eigenvalue weighted by molar-refractivity contribution is 6.31. The molecule has 2 N–H and O–H groups in total. The van der Waals surface area contributed by atoms with E-state index in [1.807, 2.05) is 38.2 Å². The lowest BCUT2D eigenvalue weighted by Crippen LogP contribution is -2.39. The molecule has 22 heavy (non-hydrogen) atoms. The summed E-state index contributed by atoms with van der Waals surface area (Å²) in [7, 11) is 0. The van der Waals surface area contributed by atoms with Crippen molar-refractivity contribution in [2.24, 2.45) is 0 Å². The molecule has 0 aromatic carbocycles. The topological polar surface area (TPSA) is 75.5 Å². The van der Waals surface area contributed by atoms with Crippen molar-refractivity contribution in [2.45, 2.75) is 19.9 Å². The fourth-order valence-electron chi connectivity index (χ4n) is 1.89. The van der Waals surface area contributed by atoms with E-state index in [1.54, 1.807) is 10.5 Å². The third-order valence-electron chi connectivity index (χ3n) is 2.79. The fraction of sp³-hybridized carbons (Fsp3) is 0.267. The van der Waals surface area contributed by atoms with Crippen LogP contribution in [0.2, 0.25) is 5.15 Å². The number of pyridine rings is 1. The lowest BCUT2D eigenvalue weighted by Gasteiger charge is -2.08. The zero-order chi connectivity index (χ0) is 16.1. The van der Waals surface area contributed by atoms with E-state index >= 15 is 0 Å². The summed E-state index contributed by atoms with van der Waals surface area (Å²) in [6, 6.07) is 5.56. The van der Waals surface area contributed by atoms with Gasteiger partial charge in [-0.05, 0) is 32.1 Å². The lowest BCUT2D eigenvalue weighted by atomic mass is 10.3. The second-order valence-electron chi connectivity index (χ2n) is 4.99. The Labute approximate surface area is 133 Å². The average Bonchev–Trinajstić information content (AvgIpc) is 2.77. The highest BCUT2D eigenvalue weighted by atomic mass is 35.5. The predicted octanol–water partition coefficient (Wildman–Crippen LogP) is 1.64. The predicted molar refractivity (Wildman–Crippen MR) is 85.5 cm³/mol. The van der Waals surface area contributed by atoms with Crippen LogP contribution in [-0.2, 0) is 9.59 Å². The second kappa shape index (κ2) is 7.09. The van der Waals surface area contributed by atoms with Crippen LogP contribution in [0.1, 0.15) is 19.5 Å². The number of fused-ring (bicyclic) bond motifs is 1. The minimum absolute atomic E-state index is 0.0388. The van der Waals surface area contributed by atoms with Gasteiger partial charge < -0.3 is 10.6 Å². The molecule has 6 nitrogen and oxygen atoms in total. The maximum absolute atomic E-state index is 11.7. The molecule has 116 valence electrons. The smallest absolute Gasteiger partial charge is 0.244 e. The van der Waals surface area contributed by atoms with Crippen LogP contribution >= 0.6 is 11.6 Å². The zero-order valence-corrected chi connectivity index (χ0v) is 13.1. The van der Waals surface area contributed by atoms with E-state index in [-0.39, 0.29) is 24.4 Å². The van der Waals surface area contributed by atoms with Crippen molar-refractivity contribution in [2.75, 3.05) is 6.54 Å². The summed E-state index contributed by atoms with van der Waals surface area (Å²) in [6.45, 7) is 3.64. The van der Waals surface area contributed by atoms with Gasteiger partial charge in [0.05, 0.1) is 12.2 Å². The third kappa shape index (κ3) is 4.08. The Morgan fingerprint density at radius 1 is 1.41 bits per heavy atom. The normalized spacial score (nSPS) is 11.3. The van der Waals surface area contributed by atoms with Gasteiger partial charge in [0.1, 0.15) is 5.65 Å². The largest absolute Gasteiger partial charge is 0.352 e. The van der Waals surface area contributed by atoms with Crippen molar-refractivity contribution in [3.8, 4) is 0 Å². The van der Waals surface area contributed by atoms with Crippen LogP contribution in [0.3, 0.4) is 0 Å². The van der Waals surface area contributed by atoms with Crippen molar-refractivity contribution in [3.05, 3.63) is 41.3 Å². The number of hydrogen-bond acceptors (Lipinski definition) is 3. The highest BCUT2D eigenvalue weighted by Crippen LogP contribution is 2.18. The van der Waals surface area contributed by atoms with Crippen molar-refractivity contribution in [1.29, 1.82) is 0 Å². The third-order valence-corrected chi connectivity index (χ3v) is 3.07. The first kappa shape index (κ1) is 16.0. The van der Waals surface area contributed by atoms with Gasteiger partial charge in [-0.15, -0.1) is 0 Å². The van der Waals surface area contributed by atoms with Gasteiger partial charge in [-0.3, -0.25) is 14.0 Å². The summed E-state index contributed by atoms with van der Waals surface area (Å²) in [5.41, 5.74) is 1.31. The molecular weight excluding hydrogens is 304 g/mol. The molecule has 0 spiro atoms. The van der Waals surface area contributed by atoms with Crippen molar-refractivity contribution in [1.82, 2.24) is 20.0 Å². The zero-order valence-electron chi connectivity index (χ0n) is 12.3. The number of amides is 2. The standard InChI is InChI=1S/C15H17ClN4O2/c1-10(2)18-14(22)9-17-13(21)7-6-11-15(16)19-12-5-3-4-8-20(11)12/h3-8,10H,9H2,1-2H3,(H,17,21)(H,18,22)/b7-6+. The van der Waals surface area contributed by atoms with Crippen LogP contribution in [0.5, 0.6) is 0 Å². The number of imidazole rings is 1. The molecule has 0 saturated carbocycles. The van der Waals surface area contributed by atoms with Gasteiger partial charge in [-0.2, -0.15) is 0 Å².